The summed E-state index contributed by atoms with van der Waals surface area (Å²) in [6.45, 7) is -0.709. The van der Waals surface area contributed by atoms with E-state index in [1.807, 2.05) is 0 Å². The summed E-state index contributed by atoms with van der Waals surface area (Å²) >= 11 is 12.3. The van der Waals surface area contributed by atoms with Gasteiger partial charge in [0.1, 0.15) is 29.9 Å². The molecule has 182 valence electrons. The normalized spacial score (nSPS) is 24.9. The molecular formula is C22H22Cl2N2O8. The number of benzene rings is 2. The van der Waals surface area contributed by atoms with E-state index in [9.17, 15) is 25.2 Å². The molecule has 5 atom stereocenters. The maximum Gasteiger partial charge on any atom is 0.228 e. The fraction of sp³-hybridized carbons (Fsp3) is 0.364. The number of hydrogen-bond acceptors (Lipinski definition) is 9. The first-order chi connectivity index (χ1) is 16.3. The van der Waals surface area contributed by atoms with E-state index >= 15 is 0 Å². The third-order valence-corrected chi connectivity index (χ3v) is 6.13. The van der Waals surface area contributed by atoms with Crippen LogP contribution in [-0.2, 0) is 14.3 Å². The Balaban J connectivity index is 1.35. The number of aromatic nitrogens is 1. The molecule has 1 aromatic heterocycles. The molecule has 1 fully saturated rings. The highest BCUT2D eigenvalue weighted by Crippen LogP contribution is 2.35. The molecule has 2 heterocycles. The standard InChI is InChI=1S/C22H22Cl2N2O8/c23-12-3-1-2-11(17(12)24)21-26-13-8-10(4-5-14(13)33-21)25-16(28)6-7-32-22-20(31)19(30)18(29)15(9-27)34-22/h1-5,8,15,18-20,22,27,29-31H,6-7,9H2,(H,25,28)/t15-,18-,19+,20-,22+/m1/s1. The maximum atomic E-state index is 12.3. The number of carbonyl (C=O) groups is 1. The SMILES string of the molecule is O=C(CCO[C@H]1O[C@H](CO)[C@@H](O)[C@H](O)[C@H]1O)Nc1ccc2oc(-c3cccc(Cl)c3Cl)nc2c1. The maximum absolute atomic E-state index is 12.3. The number of nitrogens with one attached hydrogen (secondary N) is 1. The Morgan fingerprint density at radius 1 is 1.12 bits per heavy atom. The van der Waals surface area contributed by atoms with Gasteiger partial charge in [-0.1, -0.05) is 29.3 Å². The van der Waals surface area contributed by atoms with E-state index < -0.39 is 37.3 Å². The minimum atomic E-state index is -1.55. The highest BCUT2D eigenvalue weighted by atomic mass is 35.5. The van der Waals surface area contributed by atoms with Crippen LogP contribution in [0.3, 0.4) is 0 Å². The van der Waals surface area contributed by atoms with Crippen LogP contribution in [0, 0.1) is 0 Å². The topological polar surface area (TPSA) is 155 Å². The van der Waals surface area contributed by atoms with Gasteiger partial charge in [-0.25, -0.2) is 4.98 Å². The zero-order valence-corrected chi connectivity index (χ0v) is 19.1. The van der Waals surface area contributed by atoms with Crippen molar-refractivity contribution in [3.63, 3.8) is 0 Å². The molecule has 0 saturated carbocycles. The molecule has 4 rings (SSSR count). The van der Waals surface area contributed by atoms with Crippen LogP contribution >= 0.6 is 23.2 Å². The first-order valence-corrected chi connectivity index (χ1v) is 11.1. The number of aliphatic hydroxyl groups excluding tert-OH is 4. The number of oxazole rings is 1. The lowest BCUT2D eigenvalue weighted by Crippen LogP contribution is -2.59. The highest BCUT2D eigenvalue weighted by molar-refractivity contribution is 6.43. The van der Waals surface area contributed by atoms with Crippen LogP contribution in [0.25, 0.3) is 22.6 Å². The molecule has 12 heteroatoms. The van der Waals surface area contributed by atoms with Crippen LogP contribution in [0.4, 0.5) is 5.69 Å². The van der Waals surface area contributed by atoms with Crippen LogP contribution in [-0.4, -0.2) is 75.2 Å². The Morgan fingerprint density at radius 2 is 1.91 bits per heavy atom. The first-order valence-electron chi connectivity index (χ1n) is 10.4. The number of halogens is 2. The van der Waals surface area contributed by atoms with Crippen molar-refractivity contribution in [2.75, 3.05) is 18.5 Å². The number of aliphatic hydroxyl groups is 4. The summed E-state index contributed by atoms with van der Waals surface area (Å²) in [5, 5.41) is 42.1. The molecule has 0 unspecified atom stereocenters. The lowest BCUT2D eigenvalue weighted by molar-refractivity contribution is -0.300. The monoisotopic (exact) mass is 512 g/mol. The van der Waals surface area contributed by atoms with Crippen molar-refractivity contribution in [2.24, 2.45) is 0 Å². The number of anilines is 1. The van der Waals surface area contributed by atoms with Crippen molar-refractivity contribution in [3.8, 4) is 11.5 Å². The van der Waals surface area contributed by atoms with Gasteiger partial charge in [0, 0.05) is 5.69 Å². The summed E-state index contributed by atoms with van der Waals surface area (Å²) in [6.07, 6.45) is -7.03. The van der Waals surface area contributed by atoms with Crippen molar-refractivity contribution in [1.29, 1.82) is 0 Å². The summed E-state index contributed by atoms with van der Waals surface area (Å²) < 4.78 is 16.3. The Bertz CT molecular complexity index is 1170. The molecule has 1 saturated heterocycles. The number of nitrogens with zero attached hydrogens (tertiary/aromatic N) is 1. The second kappa shape index (κ2) is 10.5. The third kappa shape index (κ3) is 5.19. The number of rotatable bonds is 7. The molecule has 0 aliphatic carbocycles. The van der Waals surface area contributed by atoms with Crippen LogP contribution in [0.15, 0.2) is 40.8 Å². The molecule has 1 aliphatic rings. The van der Waals surface area contributed by atoms with Gasteiger partial charge in [0.15, 0.2) is 11.9 Å². The zero-order chi connectivity index (χ0) is 24.4. The number of amides is 1. The second-order valence-corrected chi connectivity index (χ2v) is 8.45. The number of carbonyl (C=O) groups excluding carboxylic acids is 1. The molecule has 34 heavy (non-hydrogen) atoms. The van der Waals surface area contributed by atoms with E-state index in [1.165, 1.54) is 0 Å². The molecule has 3 aromatic rings. The fourth-order valence-corrected chi connectivity index (χ4v) is 3.87. The minimum absolute atomic E-state index is 0.0881. The summed E-state index contributed by atoms with van der Waals surface area (Å²) in [4.78, 5) is 16.7. The number of hydrogen-bond donors (Lipinski definition) is 5. The Morgan fingerprint density at radius 3 is 2.68 bits per heavy atom. The van der Waals surface area contributed by atoms with Crippen LogP contribution in [0.2, 0.25) is 10.0 Å². The van der Waals surface area contributed by atoms with Crippen molar-refractivity contribution < 1.29 is 39.1 Å². The highest BCUT2D eigenvalue weighted by Gasteiger charge is 2.43. The van der Waals surface area contributed by atoms with Gasteiger partial charge in [0.05, 0.1) is 35.2 Å². The average Bonchev–Trinajstić information content (AvgIpc) is 3.24. The van der Waals surface area contributed by atoms with Crippen LogP contribution < -0.4 is 5.32 Å². The van der Waals surface area contributed by atoms with Gasteiger partial charge in [-0.05, 0) is 30.3 Å². The lowest BCUT2D eigenvalue weighted by atomic mass is 9.99. The summed E-state index contributed by atoms with van der Waals surface area (Å²) in [6, 6.07) is 10.1. The third-order valence-electron chi connectivity index (χ3n) is 5.31. The minimum Gasteiger partial charge on any atom is -0.436 e. The predicted molar refractivity (Wildman–Crippen MR) is 122 cm³/mol. The van der Waals surface area contributed by atoms with Gasteiger partial charge in [0.25, 0.3) is 0 Å². The van der Waals surface area contributed by atoms with E-state index in [-0.39, 0.29) is 18.9 Å². The fourth-order valence-electron chi connectivity index (χ4n) is 3.49. The van der Waals surface area contributed by atoms with Gasteiger partial charge in [0.2, 0.25) is 11.8 Å². The van der Waals surface area contributed by atoms with Gasteiger partial charge in [-0.2, -0.15) is 0 Å². The zero-order valence-electron chi connectivity index (χ0n) is 17.6. The molecule has 5 N–H and O–H groups in total. The quantitative estimate of drug-likeness (QED) is 0.319. The molecule has 10 nitrogen and oxygen atoms in total. The average molecular weight is 513 g/mol. The molecule has 1 aliphatic heterocycles. The van der Waals surface area contributed by atoms with Crippen molar-refractivity contribution in [3.05, 3.63) is 46.4 Å². The van der Waals surface area contributed by atoms with Gasteiger partial charge >= 0.3 is 0 Å². The number of fused-ring (bicyclic) bond motifs is 1. The molecule has 1 amide bonds. The van der Waals surface area contributed by atoms with Gasteiger partial charge < -0.3 is 39.6 Å². The first kappa shape index (κ1) is 24.8. The van der Waals surface area contributed by atoms with Crippen LogP contribution in [0.5, 0.6) is 0 Å². The van der Waals surface area contributed by atoms with E-state index in [0.29, 0.717) is 38.3 Å². The molecule has 0 radical (unpaired) electrons. The lowest BCUT2D eigenvalue weighted by Gasteiger charge is -2.39. The summed E-state index contributed by atoms with van der Waals surface area (Å²) in [5.74, 6) is -0.0931. The van der Waals surface area contributed by atoms with E-state index in [1.54, 1.807) is 36.4 Å². The smallest absolute Gasteiger partial charge is 0.228 e. The van der Waals surface area contributed by atoms with Crippen molar-refractivity contribution >= 4 is 45.9 Å². The van der Waals surface area contributed by atoms with Crippen LogP contribution in [0.1, 0.15) is 6.42 Å². The largest absolute Gasteiger partial charge is 0.436 e. The van der Waals surface area contributed by atoms with Gasteiger partial charge in [-0.3, -0.25) is 4.79 Å². The summed E-state index contributed by atoms with van der Waals surface area (Å²) in [5.41, 5.74) is 2.01. The number of ether oxygens (including phenoxy) is 2. The Labute approximate surface area is 203 Å². The van der Waals surface area contributed by atoms with E-state index in [4.69, 9.17) is 37.1 Å². The Kier molecular flexibility index (Phi) is 7.70. The van der Waals surface area contributed by atoms with E-state index in [0.717, 1.165) is 0 Å². The van der Waals surface area contributed by atoms with E-state index in [2.05, 4.69) is 10.3 Å². The molecule has 0 spiro atoms. The second-order valence-electron chi connectivity index (χ2n) is 7.67. The van der Waals surface area contributed by atoms with Crippen molar-refractivity contribution in [1.82, 2.24) is 4.98 Å². The Hall–Kier alpha value is -2.28. The van der Waals surface area contributed by atoms with Crippen molar-refractivity contribution in [2.45, 2.75) is 37.1 Å². The molecule has 2 aromatic carbocycles. The molecular weight excluding hydrogens is 491 g/mol. The van der Waals surface area contributed by atoms with Gasteiger partial charge in [-0.15, -0.1) is 0 Å². The summed E-state index contributed by atoms with van der Waals surface area (Å²) in [7, 11) is 0. The predicted octanol–water partition coefficient (Wildman–Crippen LogP) is 1.95. The molecule has 0 bridgehead atoms.